The lowest BCUT2D eigenvalue weighted by atomic mass is 10.1. The van der Waals surface area contributed by atoms with E-state index in [1.54, 1.807) is 36.4 Å². The molecule has 1 atom stereocenters. The highest BCUT2D eigenvalue weighted by atomic mass is 19.1. The van der Waals surface area contributed by atoms with E-state index in [9.17, 15) is 14.3 Å². The number of nitrogens with one attached hydrogen (secondary N) is 1. The quantitative estimate of drug-likeness (QED) is 0.342. The summed E-state index contributed by atoms with van der Waals surface area (Å²) in [5.41, 5.74) is 2.27. The van der Waals surface area contributed by atoms with Crippen LogP contribution >= 0.6 is 0 Å². The van der Waals surface area contributed by atoms with E-state index in [0.29, 0.717) is 35.8 Å². The molecule has 4 aromatic rings. The fourth-order valence-electron chi connectivity index (χ4n) is 4.16. The Kier molecular flexibility index (Phi) is 5.95. The second kappa shape index (κ2) is 9.35. The van der Waals surface area contributed by atoms with Gasteiger partial charge in [-0.25, -0.2) is 4.39 Å². The Labute approximate surface area is 195 Å². The molecule has 0 saturated carbocycles. The van der Waals surface area contributed by atoms with Crippen molar-refractivity contribution in [2.45, 2.75) is 18.9 Å². The van der Waals surface area contributed by atoms with Gasteiger partial charge in [0.1, 0.15) is 18.2 Å². The van der Waals surface area contributed by atoms with Gasteiger partial charge >= 0.3 is 0 Å². The van der Waals surface area contributed by atoms with Gasteiger partial charge in [0.2, 0.25) is 5.88 Å². The number of likely N-dealkylation sites (tertiary alicyclic amines) is 1. The van der Waals surface area contributed by atoms with Crippen LogP contribution in [0.2, 0.25) is 0 Å². The van der Waals surface area contributed by atoms with Gasteiger partial charge in [0.25, 0.3) is 5.91 Å². The Morgan fingerprint density at radius 1 is 1.06 bits per heavy atom. The minimum Gasteiger partial charge on any atom is -0.493 e. The number of hydrogen-bond donors (Lipinski definition) is 2. The molecule has 0 aliphatic carbocycles. The molecule has 3 aromatic carbocycles. The van der Waals surface area contributed by atoms with E-state index in [1.807, 2.05) is 29.2 Å². The average molecular weight is 458 g/mol. The number of halogens is 1. The molecule has 0 radical (unpaired) electrons. The average Bonchev–Trinajstić information content (AvgIpc) is 3.46. The molecule has 1 unspecified atom stereocenters. The summed E-state index contributed by atoms with van der Waals surface area (Å²) in [7, 11) is 0. The maximum atomic E-state index is 13.1. The molecule has 7 nitrogen and oxygen atoms in total. The standard InChI is InChI=1S/C26H23FN4O3/c27-18-9-13-21(14-10-18)34-16-20-4-3-15-31(20)26(33)17-7-11-19(12-8-17)29-30-24-22-5-1-2-6-23(22)28-25(24)32/h1-2,5-14,20,28,32H,3-4,15-16H2. The van der Waals surface area contributed by atoms with Crippen molar-refractivity contribution >= 4 is 28.2 Å². The Morgan fingerprint density at radius 3 is 2.62 bits per heavy atom. The lowest BCUT2D eigenvalue weighted by Crippen LogP contribution is -2.39. The van der Waals surface area contributed by atoms with Gasteiger partial charge in [0, 0.05) is 17.5 Å². The number of aromatic amines is 1. The molecule has 34 heavy (non-hydrogen) atoms. The van der Waals surface area contributed by atoms with E-state index < -0.39 is 0 Å². The molecule has 1 aliphatic rings. The van der Waals surface area contributed by atoms with E-state index in [0.717, 1.165) is 23.7 Å². The third-order valence-electron chi connectivity index (χ3n) is 5.93. The van der Waals surface area contributed by atoms with Crippen LogP contribution in [0.15, 0.2) is 83.0 Å². The first kappa shape index (κ1) is 21.6. The van der Waals surface area contributed by atoms with Gasteiger partial charge in [-0.15, -0.1) is 5.11 Å². The molecule has 2 N–H and O–H groups in total. The molecule has 1 aromatic heterocycles. The van der Waals surface area contributed by atoms with Crippen molar-refractivity contribution in [2.75, 3.05) is 13.2 Å². The summed E-state index contributed by atoms with van der Waals surface area (Å²) in [6, 6.07) is 20.2. The van der Waals surface area contributed by atoms with Crippen LogP contribution in [0, 0.1) is 5.82 Å². The number of hydrogen-bond acceptors (Lipinski definition) is 5. The van der Waals surface area contributed by atoms with E-state index in [1.165, 1.54) is 12.1 Å². The van der Waals surface area contributed by atoms with Gasteiger partial charge in [-0.2, -0.15) is 5.11 Å². The highest BCUT2D eigenvalue weighted by Gasteiger charge is 2.30. The summed E-state index contributed by atoms with van der Waals surface area (Å²) in [5.74, 6) is 0.158. The lowest BCUT2D eigenvalue weighted by Gasteiger charge is -2.25. The first-order chi connectivity index (χ1) is 16.6. The molecule has 2 heterocycles. The normalized spacial score (nSPS) is 15.9. The maximum Gasteiger partial charge on any atom is 0.254 e. The van der Waals surface area contributed by atoms with Crippen LogP contribution in [0.4, 0.5) is 15.8 Å². The van der Waals surface area contributed by atoms with Gasteiger partial charge in [-0.3, -0.25) is 4.79 Å². The summed E-state index contributed by atoms with van der Waals surface area (Å²) in [5, 5.41) is 19.3. The summed E-state index contributed by atoms with van der Waals surface area (Å²) in [4.78, 5) is 17.8. The van der Waals surface area contributed by atoms with Crippen molar-refractivity contribution in [1.82, 2.24) is 9.88 Å². The number of carbonyl (C=O) groups is 1. The van der Waals surface area contributed by atoms with Crippen molar-refractivity contribution in [2.24, 2.45) is 10.2 Å². The van der Waals surface area contributed by atoms with Gasteiger partial charge < -0.3 is 19.7 Å². The van der Waals surface area contributed by atoms with Crippen molar-refractivity contribution in [3.8, 4) is 11.6 Å². The first-order valence-electron chi connectivity index (χ1n) is 11.1. The van der Waals surface area contributed by atoms with Crippen LogP contribution in [0.1, 0.15) is 23.2 Å². The Balaban J connectivity index is 1.25. The lowest BCUT2D eigenvalue weighted by molar-refractivity contribution is 0.0691. The molecule has 0 spiro atoms. The highest BCUT2D eigenvalue weighted by Crippen LogP contribution is 2.36. The van der Waals surface area contributed by atoms with E-state index >= 15 is 0 Å². The van der Waals surface area contributed by atoms with E-state index in [-0.39, 0.29) is 23.6 Å². The molecule has 8 heteroatoms. The maximum absolute atomic E-state index is 13.1. The van der Waals surface area contributed by atoms with Crippen LogP contribution in [0.3, 0.4) is 0 Å². The summed E-state index contributed by atoms with van der Waals surface area (Å²) in [6.45, 7) is 1.02. The third-order valence-corrected chi connectivity index (χ3v) is 5.93. The minimum atomic E-state index is -0.314. The van der Waals surface area contributed by atoms with Crippen LogP contribution < -0.4 is 4.74 Å². The molecule has 1 saturated heterocycles. The number of carbonyl (C=O) groups excluding carboxylic acids is 1. The van der Waals surface area contributed by atoms with Gasteiger partial charge in [-0.05, 0) is 67.4 Å². The smallest absolute Gasteiger partial charge is 0.254 e. The molecule has 0 bridgehead atoms. The molecule has 1 fully saturated rings. The van der Waals surface area contributed by atoms with Crippen molar-refractivity contribution in [3.05, 3.63) is 84.2 Å². The van der Waals surface area contributed by atoms with Crippen molar-refractivity contribution in [1.29, 1.82) is 0 Å². The molecular weight excluding hydrogens is 435 g/mol. The number of amides is 1. The molecular formula is C26H23FN4O3. The predicted molar refractivity (Wildman–Crippen MR) is 127 cm³/mol. The largest absolute Gasteiger partial charge is 0.493 e. The van der Waals surface area contributed by atoms with E-state index in [4.69, 9.17) is 4.74 Å². The second-order valence-electron chi connectivity index (χ2n) is 8.17. The number of H-pyrrole nitrogens is 1. The van der Waals surface area contributed by atoms with Crippen LogP contribution in [0.5, 0.6) is 11.6 Å². The zero-order valence-corrected chi connectivity index (χ0v) is 18.3. The number of para-hydroxylation sites is 1. The number of fused-ring (bicyclic) bond motifs is 1. The number of benzene rings is 3. The Morgan fingerprint density at radius 2 is 1.82 bits per heavy atom. The molecule has 5 rings (SSSR count). The number of ether oxygens (including phenoxy) is 1. The molecule has 172 valence electrons. The predicted octanol–water partition coefficient (Wildman–Crippen LogP) is 6.11. The van der Waals surface area contributed by atoms with Crippen LogP contribution in [-0.4, -0.2) is 40.1 Å². The Bertz CT molecular complexity index is 1330. The van der Waals surface area contributed by atoms with Crippen LogP contribution in [-0.2, 0) is 0 Å². The fourth-order valence-corrected chi connectivity index (χ4v) is 4.16. The van der Waals surface area contributed by atoms with Gasteiger partial charge in [-0.1, -0.05) is 18.2 Å². The second-order valence-corrected chi connectivity index (χ2v) is 8.17. The topological polar surface area (TPSA) is 90.3 Å². The highest BCUT2D eigenvalue weighted by molar-refractivity contribution is 5.95. The molecule has 1 amide bonds. The number of nitrogens with zero attached hydrogens (tertiary/aromatic N) is 3. The zero-order valence-electron chi connectivity index (χ0n) is 18.3. The van der Waals surface area contributed by atoms with Crippen LogP contribution in [0.25, 0.3) is 10.9 Å². The minimum absolute atomic E-state index is 0.0400. The number of azo groups is 1. The monoisotopic (exact) mass is 458 g/mol. The summed E-state index contributed by atoms with van der Waals surface area (Å²) in [6.07, 6.45) is 1.76. The van der Waals surface area contributed by atoms with Crippen molar-refractivity contribution < 1.29 is 19.0 Å². The SMILES string of the molecule is O=C(c1ccc(N=Nc2c(O)[nH]c3ccccc23)cc1)N1CCCC1COc1ccc(F)cc1. The zero-order chi connectivity index (χ0) is 23.5. The fraction of sp³-hybridized carbons (Fsp3) is 0.192. The summed E-state index contributed by atoms with van der Waals surface area (Å²) < 4.78 is 18.9. The number of rotatable bonds is 6. The summed E-state index contributed by atoms with van der Waals surface area (Å²) >= 11 is 0. The first-order valence-corrected chi connectivity index (χ1v) is 11.1. The van der Waals surface area contributed by atoms with Gasteiger partial charge in [0.15, 0.2) is 5.69 Å². The van der Waals surface area contributed by atoms with E-state index in [2.05, 4.69) is 15.2 Å². The third kappa shape index (κ3) is 4.47. The van der Waals surface area contributed by atoms with Gasteiger partial charge in [0.05, 0.1) is 17.2 Å². The number of aromatic nitrogens is 1. The van der Waals surface area contributed by atoms with Crippen molar-refractivity contribution in [3.63, 3.8) is 0 Å². The number of aromatic hydroxyl groups is 1. The molecule has 1 aliphatic heterocycles. The Hall–Kier alpha value is -4.20.